The molecule has 2 fully saturated rings. The fourth-order valence-electron chi connectivity index (χ4n) is 2.32. The summed E-state index contributed by atoms with van der Waals surface area (Å²) in [6.45, 7) is 4.95. The van der Waals surface area contributed by atoms with Crippen molar-refractivity contribution in [2.75, 3.05) is 19.8 Å². The molecule has 0 amide bonds. The maximum atomic E-state index is 5.65. The molecule has 3 atom stereocenters. The summed E-state index contributed by atoms with van der Waals surface area (Å²) in [7, 11) is 0. The van der Waals surface area contributed by atoms with Gasteiger partial charge in [0, 0.05) is 25.3 Å². The molecular formula is C11H21NO2. The van der Waals surface area contributed by atoms with Crippen molar-refractivity contribution in [2.24, 2.45) is 0 Å². The Bertz CT molecular complexity index is 169. The van der Waals surface area contributed by atoms with E-state index in [1.54, 1.807) is 0 Å². The monoisotopic (exact) mass is 199 g/mol. The maximum absolute atomic E-state index is 5.65. The van der Waals surface area contributed by atoms with E-state index in [0.717, 1.165) is 32.7 Å². The summed E-state index contributed by atoms with van der Waals surface area (Å²) in [6, 6.07) is 1.25. The highest BCUT2D eigenvalue weighted by atomic mass is 16.5. The quantitative estimate of drug-likeness (QED) is 0.743. The van der Waals surface area contributed by atoms with Crippen molar-refractivity contribution in [3.63, 3.8) is 0 Å². The Hall–Kier alpha value is -0.120. The minimum atomic E-state index is 0.476. The molecule has 82 valence electrons. The molecule has 0 saturated carbocycles. The van der Waals surface area contributed by atoms with E-state index in [1.165, 1.54) is 12.8 Å². The van der Waals surface area contributed by atoms with Gasteiger partial charge in [0.2, 0.25) is 0 Å². The molecule has 0 radical (unpaired) electrons. The second-order valence-electron chi connectivity index (χ2n) is 4.35. The Kier molecular flexibility index (Phi) is 3.79. The third kappa shape index (κ3) is 2.69. The average molecular weight is 199 g/mol. The lowest BCUT2D eigenvalue weighted by atomic mass is 10.0. The van der Waals surface area contributed by atoms with Crippen LogP contribution >= 0.6 is 0 Å². The van der Waals surface area contributed by atoms with Gasteiger partial charge in [-0.2, -0.15) is 0 Å². The van der Waals surface area contributed by atoms with Crippen LogP contribution in [0, 0.1) is 0 Å². The van der Waals surface area contributed by atoms with Gasteiger partial charge in [0.25, 0.3) is 0 Å². The molecular weight excluding hydrogens is 178 g/mol. The third-order valence-corrected chi connectivity index (χ3v) is 3.22. The first-order valence-electron chi connectivity index (χ1n) is 5.84. The molecule has 14 heavy (non-hydrogen) atoms. The Morgan fingerprint density at radius 1 is 1.21 bits per heavy atom. The number of hydrogen-bond donors (Lipinski definition) is 1. The summed E-state index contributed by atoms with van der Waals surface area (Å²) in [5.41, 5.74) is 0. The Morgan fingerprint density at radius 2 is 2.07 bits per heavy atom. The van der Waals surface area contributed by atoms with Gasteiger partial charge in [-0.05, 0) is 25.7 Å². The van der Waals surface area contributed by atoms with Crippen LogP contribution < -0.4 is 5.32 Å². The van der Waals surface area contributed by atoms with Gasteiger partial charge in [0.15, 0.2) is 0 Å². The van der Waals surface area contributed by atoms with E-state index in [2.05, 4.69) is 12.2 Å². The standard InChI is InChI=1S/C11H21NO2/c1-2-11-7-9(4-6-14-11)12-10-3-5-13-8-10/h9-12H,2-8H2,1H3. The van der Waals surface area contributed by atoms with E-state index in [-0.39, 0.29) is 0 Å². The molecule has 0 aliphatic carbocycles. The SMILES string of the molecule is CCC1CC(NC2CCOC2)CCO1. The van der Waals surface area contributed by atoms with Crippen molar-refractivity contribution in [3.8, 4) is 0 Å². The Morgan fingerprint density at radius 3 is 2.79 bits per heavy atom. The van der Waals surface area contributed by atoms with E-state index in [9.17, 15) is 0 Å². The molecule has 0 aromatic heterocycles. The van der Waals surface area contributed by atoms with Crippen LogP contribution in [-0.2, 0) is 9.47 Å². The van der Waals surface area contributed by atoms with E-state index in [4.69, 9.17) is 9.47 Å². The van der Waals surface area contributed by atoms with Gasteiger partial charge in [-0.15, -0.1) is 0 Å². The Balaban J connectivity index is 1.73. The van der Waals surface area contributed by atoms with Gasteiger partial charge in [0.05, 0.1) is 12.7 Å². The molecule has 2 aliphatic rings. The van der Waals surface area contributed by atoms with E-state index in [0.29, 0.717) is 18.2 Å². The van der Waals surface area contributed by atoms with Crippen LogP contribution in [0.25, 0.3) is 0 Å². The van der Waals surface area contributed by atoms with Gasteiger partial charge in [-0.3, -0.25) is 0 Å². The van der Waals surface area contributed by atoms with Crippen molar-refractivity contribution in [3.05, 3.63) is 0 Å². The number of hydrogen-bond acceptors (Lipinski definition) is 3. The summed E-state index contributed by atoms with van der Waals surface area (Å²) in [4.78, 5) is 0. The fraction of sp³-hybridized carbons (Fsp3) is 1.00. The zero-order chi connectivity index (χ0) is 9.80. The van der Waals surface area contributed by atoms with Gasteiger partial charge in [-0.25, -0.2) is 0 Å². The second kappa shape index (κ2) is 5.10. The van der Waals surface area contributed by atoms with Crippen LogP contribution in [0.5, 0.6) is 0 Å². The molecule has 3 heteroatoms. The Labute approximate surface area is 86.2 Å². The van der Waals surface area contributed by atoms with Crippen molar-refractivity contribution in [2.45, 2.75) is 50.8 Å². The first-order chi connectivity index (χ1) is 6.88. The predicted octanol–water partition coefficient (Wildman–Crippen LogP) is 1.32. The molecule has 2 rings (SSSR count). The number of ether oxygens (including phenoxy) is 2. The average Bonchev–Trinajstić information content (AvgIpc) is 2.71. The fourth-order valence-corrected chi connectivity index (χ4v) is 2.32. The minimum absolute atomic E-state index is 0.476. The molecule has 2 heterocycles. The lowest BCUT2D eigenvalue weighted by Crippen LogP contribution is -2.44. The van der Waals surface area contributed by atoms with Gasteiger partial charge in [0.1, 0.15) is 0 Å². The molecule has 0 aromatic carbocycles. The smallest absolute Gasteiger partial charge is 0.0620 e. The molecule has 3 nitrogen and oxygen atoms in total. The third-order valence-electron chi connectivity index (χ3n) is 3.22. The summed E-state index contributed by atoms with van der Waals surface area (Å²) in [6.07, 6.45) is 5.12. The van der Waals surface area contributed by atoms with Crippen molar-refractivity contribution >= 4 is 0 Å². The van der Waals surface area contributed by atoms with Crippen molar-refractivity contribution in [1.82, 2.24) is 5.32 Å². The molecule has 1 N–H and O–H groups in total. The number of nitrogens with one attached hydrogen (secondary N) is 1. The molecule has 2 saturated heterocycles. The largest absolute Gasteiger partial charge is 0.380 e. The molecule has 2 aliphatic heterocycles. The zero-order valence-electron chi connectivity index (χ0n) is 9.00. The normalized spacial score (nSPS) is 38.8. The number of rotatable bonds is 3. The topological polar surface area (TPSA) is 30.5 Å². The van der Waals surface area contributed by atoms with Gasteiger partial charge >= 0.3 is 0 Å². The lowest BCUT2D eigenvalue weighted by molar-refractivity contribution is -0.00214. The maximum Gasteiger partial charge on any atom is 0.0620 e. The zero-order valence-corrected chi connectivity index (χ0v) is 9.00. The highest BCUT2D eigenvalue weighted by Gasteiger charge is 2.25. The van der Waals surface area contributed by atoms with Crippen LogP contribution in [0.4, 0.5) is 0 Å². The predicted molar refractivity (Wildman–Crippen MR) is 55.4 cm³/mol. The lowest BCUT2D eigenvalue weighted by Gasteiger charge is -2.31. The molecule has 3 unspecified atom stereocenters. The van der Waals surface area contributed by atoms with E-state index in [1.807, 2.05) is 0 Å². The van der Waals surface area contributed by atoms with Crippen LogP contribution in [-0.4, -0.2) is 38.0 Å². The van der Waals surface area contributed by atoms with Crippen molar-refractivity contribution in [1.29, 1.82) is 0 Å². The van der Waals surface area contributed by atoms with Crippen LogP contribution in [0.1, 0.15) is 32.6 Å². The van der Waals surface area contributed by atoms with E-state index >= 15 is 0 Å². The first-order valence-corrected chi connectivity index (χ1v) is 5.84. The van der Waals surface area contributed by atoms with Crippen LogP contribution in [0.15, 0.2) is 0 Å². The highest BCUT2D eigenvalue weighted by molar-refractivity contribution is 4.81. The molecule has 0 aromatic rings. The molecule has 0 bridgehead atoms. The first kappa shape index (κ1) is 10.4. The van der Waals surface area contributed by atoms with Gasteiger partial charge in [-0.1, -0.05) is 6.92 Å². The van der Waals surface area contributed by atoms with Crippen LogP contribution in [0.3, 0.4) is 0 Å². The van der Waals surface area contributed by atoms with E-state index < -0.39 is 0 Å². The summed E-state index contributed by atoms with van der Waals surface area (Å²) < 4.78 is 11.0. The minimum Gasteiger partial charge on any atom is -0.380 e. The summed E-state index contributed by atoms with van der Waals surface area (Å²) in [5, 5.41) is 3.68. The van der Waals surface area contributed by atoms with Gasteiger partial charge < -0.3 is 14.8 Å². The highest BCUT2D eigenvalue weighted by Crippen LogP contribution is 2.18. The van der Waals surface area contributed by atoms with Crippen LogP contribution in [0.2, 0.25) is 0 Å². The summed E-state index contributed by atoms with van der Waals surface area (Å²) in [5.74, 6) is 0. The molecule has 0 spiro atoms. The van der Waals surface area contributed by atoms with Crippen molar-refractivity contribution < 1.29 is 9.47 Å². The second-order valence-corrected chi connectivity index (χ2v) is 4.35. The summed E-state index contributed by atoms with van der Waals surface area (Å²) >= 11 is 0.